The van der Waals surface area contributed by atoms with E-state index in [4.69, 9.17) is 21.1 Å². The van der Waals surface area contributed by atoms with Crippen molar-refractivity contribution < 1.29 is 19.4 Å². The lowest BCUT2D eigenvalue weighted by atomic mass is 10.1. The summed E-state index contributed by atoms with van der Waals surface area (Å²) in [5.74, 6) is 0.462. The summed E-state index contributed by atoms with van der Waals surface area (Å²) in [4.78, 5) is 12.3. The zero-order valence-electron chi connectivity index (χ0n) is 14.1. The molecular weight excluding hydrogens is 344 g/mol. The third kappa shape index (κ3) is 5.12. The fourth-order valence-electron chi connectivity index (χ4n) is 1.92. The molecule has 2 aromatic rings. The second kappa shape index (κ2) is 7.90. The van der Waals surface area contributed by atoms with Crippen molar-refractivity contribution in [1.29, 1.82) is 0 Å². The van der Waals surface area contributed by atoms with Crippen LogP contribution in [-0.2, 0) is 4.79 Å². The molecule has 0 saturated heterocycles. The molecule has 0 atom stereocenters. The molecule has 0 saturated carbocycles. The first-order valence-electron chi connectivity index (χ1n) is 7.47. The van der Waals surface area contributed by atoms with Crippen LogP contribution in [-0.4, -0.2) is 29.9 Å². The van der Waals surface area contributed by atoms with E-state index in [1.807, 2.05) is 0 Å². The van der Waals surface area contributed by atoms with Gasteiger partial charge in [0.2, 0.25) is 0 Å². The molecule has 2 N–H and O–H groups in total. The highest BCUT2D eigenvalue weighted by Crippen LogP contribution is 2.25. The molecule has 0 unspecified atom stereocenters. The van der Waals surface area contributed by atoms with Gasteiger partial charge in [0.25, 0.3) is 5.91 Å². The Morgan fingerprint density at radius 3 is 2.56 bits per heavy atom. The number of aromatic hydroxyl groups is 1. The second-order valence-corrected chi connectivity index (χ2v) is 6.13. The molecule has 0 aliphatic carbocycles. The zero-order valence-corrected chi connectivity index (χ0v) is 14.9. The van der Waals surface area contributed by atoms with Crippen LogP contribution in [0.25, 0.3) is 0 Å². The van der Waals surface area contributed by atoms with E-state index in [0.29, 0.717) is 22.1 Å². The van der Waals surface area contributed by atoms with Crippen LogP contribution in [0.4, 0.5) is 0 Å². The third-order valence-corrected chi connectivity index (χ3v) is 3.57. The van der Waals surface area contributed by atoms with Crippen LogP contribution < -0.4 is 14.9 Å². The Balaban J connectivity index is 1.99. The Morgan fingerprint density at radius 1 is 1.24 bits per heavy atom. The van der Waals surface area contributed by atoms with Crippen LogP contribution in [0.2, 0.25) is 5.02 Å². The normalized spacial score (nSPS) is 11.4. The number of amides is 1. The number of carbonyl (C=O) groups excluding carboxylic acids is 1. The second-order valence-electron chi connectivity index (χ2n) is 5.70. The molecule has 132 valence electrons. The van der Waals surface area contributed by atoms with Gasteiger partial charge in [0.1, 0.15) is 5.75 Å². The fourth-order valence-corrected chi connectivity index (χ4v) is 2.04. The Bertz CT molecular complexity index is 773. The first-order chi connectivity index (χ1) is 11.8. The van der Waals surface area contributed by atoms with Crippen LogP contribution in [0, 0.1) is 0 Å². The molecule has 0 aliphatic heterocycles. The highest BCUT2D eigenvalue weighted by atomic mass is 35.5. The molecule has 1 amide bonds. The van der Waals surface area contributed by atoms with Crippen molar-refractivity contribution in [3.05, 3.63) is 53.1 Å². The van der Waals surface area contributed by atoms with Gasteiger partial charge in [0.05, 0.1) is 13.3 Å². The molecule has 2 aromatic carbocycles. The first kappa shape index (κ1) is 18.6. The Kier molecular flexibility index (Phi) is 5.88. The number of phenols is 1. The quantitative estimate of drug-likeness (QED) is 0.610. The van der Waals surface area contributed by atoms with E-state index < -0.39 is 11.5 Å². The van der Waals surface area contributed by atoms with Gasteiger partial charge in [-0.05, 0) is 61.9 Å². The lowest BCUT2D eigenvalue weighted by molar-refractivity contribution is -0.134. The summed E-state index contributed by atoms with van der Waals surface area (Å²) in [6, 6.07) is 11.5. The summed E-state index contributed by atoms with van der Waals surface area (Å²) in [6.07, 6.45) is 1.44. The maximum atomic E-state index is 12.3. The minimum absolute atomic E-state index is 0.0289. The van der Waals surface area contributed by atoms with Gasteiger partial charge in [-0.3, -0.25) is 4.79 Å². The van der Waals surface area contributed by atoms with Gasteiger partial charge in [0, 0.05) is 5.02 Å². The Morgan fingerprint density at radius 2 is 1.92 bits per heavy atom. The fraction of sp³-hybridized carbons (Fsp3) is 0.222. The van der Waals surface area contributed by atoms with Crippen molar-refractivity contribution in [2.45, 2.75) is 19.4 Å². The van der Waals surface area contributed by atoms with E-state index in [-0.39, 0.29) is 5.75 Å². The molecule has 0 bridgehead atoms. The molecule has 0 heterocycles. The highest BCUT2D eigenvalue weighted by molar-refractivity contribution is 6.30. The lowest BCUT2D eigenvalue weighted by Gasteiger charge is -2.24. The maximum Gasteiger partial charge on any atom is 0.283 e. The van der Waals surface area contributed by atoms with Crippen molar-refractivity contribution >= 4 is 23.7 Å². The summed E-state index contributed by atoms with van der Waals surface area (Å²) in [5, 5.41) is 14.0. The topological polar surface area (TPSA) is 80.2 Å². The van der Waals surface area contributed by atoms with Gasteiger partial charge in [-0.2, -0.15) is 5.10 Å². The number of carbonyl (C=O) groups is 1. The molecule has 0 aliphatic rings. The van der Waals surface area contributed by atoms with Crippen LogP contribution in [0.3, 0.4) is 0 Å². The Hall–Kier alpha value is -2.73. The number of methoxy groups -OCH3 is 1. The van der Waals surface area contributed by atoms with Crippen LogP contribution in [0.1, 0.15) is 19.4 Å². The monoisotopic (exact) mass is 362 g/mol. The molecular formula is C18H19ClN2O4. The molecule has 0 spiro atoms. The van der Waals surface area contributed by atoms with Crippen LogP contribution in [0.5, 0.6) is 17.2 Å². The van der Waals surface area contributed by atoms with Gasteiger partial charge < -0.3 is 14.6 Å². The average Bonchev–Trinajstić information content (AvgIpc) is 2.58. The van der Waals surface area contributed by atoms with Crippen molar-refractivity contribution in [1.82, 2.24) is 5.43 Å². The number of ether oxygens (including phenoxy) is 2. The van der Waals surface area contributed by atoms with E-state index in [2.05, 4.69) is 10.5 Å². The largest absolute Gasteiger partial charge is 0.504 e. The summed E-state index contributed by atoms with van der Waals surface area (Å²) in [7, 11) is 1.45. The maximum absolute atomic E-state index is 12.3. The van der Waals surface area contributed by atoms with Crippen LogP contribution in [0.15, 0.2) is 47.6 Å². The number of benzene rings is 2. The molecule has 25 heavy (non-hydrogen) atoms. The van der Waals surface area contributed by atoms with Crippen molar-refractivity contribution in [2.24, 2.45) is 5.10 Å². The number of hydrazone groups is 1. The zero-order chi connectivity index (χ0) is 18.4. The molecule has 0 aromatic heterocycles. The summed E-state index contributed by atoms with van der Waals surface area (Å²) >= 11 is 5.82. The number of nitrogens with one attached hydrogen (secondary N) is 1. The summed E-state index contributed by atoms with van der Waals surface area (Å²) in [5.41, 5.74) is 1.96. The predicted octanol–water partition coefficient (Wildman–Crippen LogP) is 3.36. The summed E-state index contributed by atoms with van der Waals surface area (Å²) < 4.78 is 10.7. The van der Waals surface area contributed by atoms with E-state index in [9.17, 15) is 9.90 Å². The van der Waals surface area contributed by atoms with E-state index in [1.165, 1.54) is 19.4 Å². The molecule has 0 fully saturated rings. The number of halogens is 1. The van der Waals surface area contributed by atoms with E-state index in [0.717, 1.165) is 0 Å². The summed E-state index contributed by atoms with van der Waals surface area (Å²) in [6.45, 7) is 3.27. The number of phenolic OH excluding ortho intramolecular Hbond substituents is 1. The molecule has 0 radical (unpaired) electrons. The van der Waals surface area contributed by atoms with Crippen LogP contribution >= 0.6 is 11.6 Å². The standard InChI is InChI=1S/C18H19ClN2O4/c1-18(2,25-14-7-5-13(19)6-8-14)17(23)21-20-11-12-4-9-15(22)16(10-12)24-3/h4-11,22H,1-3H3,(H,21,23). The number of nitrogens with zero attached hydrogens (tertiary/aromatic N) is 1. The third-order valence-electron chi connectivity index (χ3n) is 3.32. The van der Waals surface area contributed by atoms with Crippen molar-refractivity contribution in [2.75, 3.05) is 7.11 Å². The SMILES string of the molecule is COc1cc(C=NNC(=O)C(C)(C)Oc2ccc(Cl)cc2)ccc1O. The minimum atomic E-state index is -1.13. The predicted molar refractivity (Wildman–Crippen MR) is 96.6 cm³/mol. The van der Waals surface area contributed by atoms with Gasteiger partial charge in [-0.1, -0.05) is 11.6 Å². The van der Waals surface area contributed by atoms with Gasteiger partial charge in [0.15, 0.2) is 17.1 Å². The number of hydrogen-bond donors (Lipinski definition) is 2. The minimum Gasteiger partial charge on any atom is -0.504 e. The smallest absolute Gasteiger partial charge is 0.283 e. The highest BCUT2D eigenvalue weighted by Gasteiger charge is 2.29. The molecule has 2 rings (SSSR count). The lowest BCUT2D eigenvalue weighted by Crippen LogP contribution is -2.44. The van der Waals surface area contributed by atoms with Gasteiger partial charge >= 0.3 is 0 Å². The molecule has 6 nitrogen and oxygen atoms in total. The average molecular weight is 363 g/mol. The Labute approximate surface area is 151 Å². The van der Waals surface area contributed by atoms with E-state index in [1.54, 1.807) is 50.2 Å². The van der Waals surface area contributed by atoms with Gasteiger partial charge in [-0.15, -0.1) is 0 Å². The van der Waals surface area contributed by atoms with Crippen molar-refractivity contribution in [3.63, 3.8) is 0 Å². The van der Waals surface area contributed by atoms with E-state index >= 15 is 0 Å². The first-order valence-corrected chi connectivity index (χ1v) is 7.85. The number of rotatable bonds is 6. The van der Waals surface area contributed by atoms with Crippen molar-refractivity contribution in [3.8, 4) is 17.2 Å². The number of hydrogen-bond acceptors (Lipinski definition) is 5. The molecule has 7 heteroatoms. The van der Waals surface area contributed by atoms with Gasteiger partial charge in [-0.25, -0.2) is 5.43 Å².